The Hall–Kier alpha value is -2.22. The molecule has 7 nitrogen and oxygen atoms in total. The van der Waals surface area contributed by atoms with Crippen molar-refractivity contribution < 1.29 is 19.3 Å². The van der Waals surface area contributed by atoms with Crippen molar-refractivity contribution in [2.45, 2.75) is 6.92 Å². The monoisotopic (exact) mass is 401 g/mol. The Morgan fingerprint density at radius 3 is 2.72 bits per heavy atom. The lowest BCUT2D eigenvalue weighted by Gasteiger charge is -2.05. The normalized spacial score (nSPS) is 13.0. The quantitative estimate of drug-likeness (QED) is 0.468. The van der Waals surface area contributed by atoms with Gasteiger partial charge in [0, 0.05) is 5.56 Å². The van der Waals surface area contributed by atoms with Crippen molar-refractivity contribution in [3.05, 3.63) is 44.7 Å². The van der Waals surface area contributed by atoms with Crippen LogP contribution in [0.5, 0.6) is 11.5 Å². The van der Waals surface area contributed by atoms with Gasteiger partial charge in [-0.1, -0.05) is 23.2 Å². The van der Waals surface area contributed by atoms with E-state index in [0.29, 0.717) is 17.2 Å². The van der Waals surface area contributed by atoms with Crippen LogP contribution in [0, 0.1) is 0 Å². The summed E-state index contributed by atoms with van der Waals surface area (Å²) in [4.78, 5) is 14.9. The van der Waals surface area contributed by atoms with Crippen LogP contribution < -0.4 is 25.6 Å². The molecule has 0 bridgehead atoms. The minimum absolute atomic E-state index is 0.00480. The van der Waals surface area contributed by atoms with Crippen molar-refractivity contribution in [2.75, 3.05) is 12.5 Å². The molecule has 0 saturated heterocycles. The first kappa shape index (κ1) is 17.6. The third-order valence-corrected chi connectivity index (χ3v) is 4.63. The lowest BCUT2D eigenvalue weighted by molar-refractivity contribution is -0.379. The Kier molecular flexibility index (Phi) is 4.89. The zero-order valence-corrected chi connectivity index (χ0v) is 15.1. The highest BCUT2D eigenvalue weighted by Gasteiger charge is 2.26. The molecule has 0 saturated carbocycles. The van der Waals surface area contributed by atoms with Crippen molar-refractivity contribution >= 4 is 52.1 Å². The molecule has 0 aliphatic carbocycles. The average Bonchev–Trinajstić information content (AvgIpc) is 3.08. The van der Waals surface area contributed by atoms with E-state index in [2.05, 4.69) is 15.5 Å². The zero-order chi connectivity index (χ0) is 18.1. The van der Waals surface area contributed by atoms with Crippen LogP contribution >= 0.6 is 34.8 Å². The summed E-state index contributed by atoms with van der Waals surface area (Å²) in [5.41, 5.74) is 9.37. The Balaban J connectivity index is 1.81. The fourth-order valence-corrected chi connectivity index (χ4v) is 2.72. The lowest BCUT2D eigenvalue weighted by Crippen LogP contribution is -2.29. The van der Waals surface area contributed by atoms with Crippen LogP contribution in [-0.2, 0) is 0 Å². The number of carbonyl (C=O) groups is 1. The Bertz CT molecular complexity index is 902. The van der Waals surface area contributed by atoms with E-state index in [-0.39, 0.29) is 33.4 Å². The molecule has 1 aliphatic heterocycles. The number of rotatable bonds is 3. The number of nitrogens with one attached hydrogen (secondary N) is 2. The molecule has 10 heteroatoms. The molecule has 1 aliphatic rings. The fraction of sp³-hybridized carbons (Fsp3) is 0.133. The minimum atomic E-state index is -0.615. The van der Waals surface area contributed by atoms with Gasteiger partial charge in [0.15, 0.2) is 11.5 Å². The van der Waals surface area contributed by atoms with Crippen LogP contribution in [-0.4, -0.2) is 18.4 Å². The second-order valence-electron chi connectivity index (χ2n) is 5.06. The van der Waals surface area contributed by atoms with Gasteiger partial charge in [-0.2, -0.15) is 10.1 Å². The number of nitrogens with two attached hydrogens (primary N) is 1. The number of anilines is 1. The fourth-order valence-electron chi connectivity index (χ4n) is 2.10. The number of halogens is 3. The number of benzene rings is 1. The second-order valence-corrected chi connectivity index (χ2v) is 6.20. The standard InChI is InChI=1S/C15H11Cl3N4O3/c1-6(7-2-3-8-9(4-7)25-5-24-8)21-22-15(23)13-10(16)12(19)11(17)14(18)20-13/h2-4H,5H2,1H3,(H2,19,20)(H,22,23)/p+1/b21-6-. The highest BCUT2D eigenvalue weighted by molar-refractivity contribution is 6.45. The second kappa shape index (κ2) is 6.95. The van der Waals surface area contributed by atoms with Crippen molar-refractivity contribution in [1.29, 1.82) is 0 Å². The largest absolute Gasteiger partial charge is 0.454 e. The smallest absolute Gasteiger partial charge is 0.337 e. The number of H-pyrrole nitrogens is 1. The van der Waals surface area contributed by atoms with Gasteiger partial charge in [-0.25, -0.2) is 5.43 Å². The summed E-state index contributed by atoms with van der Waals surface area (Å²) in [5.74, 6) is 0.663. The predicted molar refractivity (Wildman–Crippen MR) is 94.7 cm³/mol. The molecular weight excluding hydrogens is 391 g/mol. The van der Waals surface area contributed by atoms with Crippen molar-refractivity contribution in [3.63, 3.8) is 0 Å². The number of pyridine rings is 1. The maximum Gasteiger partial charge on any atom is 0.337 e. The summed E-state index contributed by atoms with van der Waals surface area (Å²) in [6.07, 6.45) is 0. The van der Waals surface area contributed by atoms with Crippen molar-refractivity contribution in [1.82, 2.24) is 5.43 Å². The highest BCUT2D eigenvalue weighted by atomic mass is 35.5. The number of aromatic nitrogens is 1. The molecule has 1 aromatic heterocycles. The number of carbonyl (C=O) groups excluding carboxylic acids is 1. The lowest BCUT2D eigenvalue weighted by atomic mass is 10.1. The van der Waals surface area contributed by atoms with E-state index in [4.69, 9.17) is 50.0 Å². The number of hydrogen-bond donors (Lipinski definition) is 2. The number of nitrogens with zero attached hydrogens (tertiary/aromatic N) is 1. The summed E-state index contributed by atoms with van der Waals surface area (Å²) < 4.78 is 10.6. The third-order valence-electron chi connectivity index (χ3n) is 3.46. The first-order valence-corrected chi connectivity index (χ1v) is 8.11. The Labute approximate surface area is 157 Å². The molecule has 0 spiro atoms. The van der Waals surface area contributed by atoms with Gasteiger partial charge in [-0.05, 0) is 36.7 Å². The molecule has 0 radical (unpaired) electrons. The maximum absolute atomic E-state index is 12.3. The van der Waals surface area contributed by atoms with Gasteiger partial charge in [0.2, 0.25) is 6.79 Å². The minimum Gasteiger partial charge on any atom is -0.454 e. The molecule has 2 heterocycles. The van der Waals surface area contributed by atoms with E-state index in [9.17, 15) is 4.79 Å². The van der Waals surface area contributed by atoms with E-state index < -0.39 is 5.91 Å². The third kappa shape index (κ3) is 3.44. The predicted octanol–water partition coefficient (Wildman–Crippen LogP) is 2.93. The van der Waals surface area contributed by atoms with Gasteiger partial charge >= 0.3 is 5.91 Å². The van der Waals surface area contributed by atoms with Gasteiger partial charge in [-0.3, -0.25) is 4.79 Å². The van der Waals surface area contributed by atoms with Gasteiger partial charge in [0.05, 0.1) is 11.4 Å². The molecule has 1 aromatic carbocycles. The number of ether oxygens (including phenoxy) is 2. The average molecular weight is 403 g/mol. The Morgan fingerprint density at radius 1 is 1.24 bits per heavy atom. The molecule has 0 unspecified atom stereocenters. The first-order valence-electron chi connectivity index (χ1n) is 6.98. The Morgan fingerprint density at radius 2 is 1.96 bits per heavy atom. The number of hydrazone groups is 1. The molecule has 4 N–H and O–H groups in total. The number of fused-ring (bicyclic) bond motifs is 1. The van der Waals surface area contributed by atoms with Crippen LogP contribution in [0.1, 0.15) is 23.0 Å². The van der Waals surface area contributed by atoms with Gasteiger partial charge in [-0.15, -0.1) is 0 Å². The maximum atomic E-state index is 12.3. The number of amides is 1. The van der Waals surface area contributed by atoms with E-state index >= 15 is 0 Å². The van der Waals surface area contributed by atoms with Crippen LogP contribution in [0.25, 0.3) is 0 Å². The summed E-state index contributed by atoms with van der Waals surface area (Å²) in [6, 6.07) is 5.33. The van der Waals surface area contributed by atoms with Crippen molar-refractivity contribution in [3.8, 4) is 11.5 Å². The number of nitrogen functional groups attached to an aromatic ring is 1. The van der Waals surface area contributed by atoms with E-state index in [0.717, 1.165) is 5.56 Å². The SMILES string of the molecule is C/C(=N/NC(=O)c1[nH+]c(Cl)c(Cl)c(N)c1Cl)c1ccc2c(c1)OCO2. The summed E-state index contributed by atoms with van der Waals surface area (Å²) >= 11 is 17.8. The molecule has 25 heavy (non-hydrogen) atoms. The molecule has 2 aromatic rings. The van der Waals surface area contributed by atoms with Crippen LogP contribution in [0.15, 0.2) is 23.3 Å². The van der Waals surface area contributed by atoms with E-state index in [1.54, 1.807) is 25.1 Å². The summed E-state index contributed by atoms with van der Waals surface area (Å²) in [5, 5.41) is 4.05. The number of hydrogen-bond acceptors (Lipinski definition) is 5. The highest BCUT2D eigenvalue weighted by Crippen LogP contribution is 2.33. The molecule has 0 fully saturated rings. The van der Waals surface area contributed by atoms with Gasteiger partial charge < -0.3 is 15.2 Å². The topological polar surface area (TPSA) is 100 Å². The first-order chi connectivity index (χ1) is 11.9. The van der Waals surface area contributed by atoms with Crippen molar-refractivity contribution in [2.24, 2.45) is 5.10 Å². The molecular formula is C15H12Cl3N4O3+. The van der Waals surface area contributed by atoms with E-state index in [1.807, 2.05) is 0 Å². The van der Waals surface area contributed by atoms with E-state index in [1.165, 1.54) is 0 Å². The summed E-state index contributed by atoms with van der Waals surface area (Å²) in [7, 11) is 0. The molecule has 1 amide bonds. The molecule has 3 rings (SSSR count). The summed E-state index contributed by atoms with van der Waals surface area (Å²) in [6.45, 7) is 1.91. The number of aromatic amines is 1. The van der Waals surface area contributed by atoms with Gasteiger partial charge in [0.1, 0.15) is 10.0 Å². The van der Waals surface area contributed by atoms with Crippen LogP contribution in [0.2, 0.25) is 15.2 Å². The van der Waals surface area contributed by atoms with Gasteiger partial charge in [0.25, 0.3) is 10.8 Å². The van der Waals surface area contributed by atoms with Crippen LogP contribution in [0.4, 0.5) is 5.69 Å². The zero-order valence-electron chi connectivity index (χ0n) is 12.8. The molecule has 0 atom stereocenters. The molecule has 130 valence electrons. The van der Waals surface area contributed by atoms with Crippen LogP contribution in [0.3, 0.4) is 0 Å².